The number of carbonyl (C=O) groups excluding carboxylic acids is 1. The zero-order valence-electron chi connectivity index (χ0n) is 17.6. The highest BCUT2D eigenvalue weighted by Gasteiger charge is 2.16. The number of aromatic nitrogens is 3. The summed E-state index contributed by atoms with van der Waals surface area (Å²) >= 11 is 0. The Kier molecular flexibility index (Phi) is 5.96. The van der Waals surface area contributed by atoms with E-state index < -0.39 is 5.91 Å². The van der Waals surface area contributed by atoms with Crippen molar-refractivity contribution in [3.05, 3.63) is 63.3 Å². The predicted molar refractivity (Wildman–Crippen MR) is 115 cm³/mol. The molecule has 152 valence electrons. The zero-order valence-corrected chi connectivity index (χ0v) is 17.6. The van der Waals surface area contributed by atoms with Crippen molar-refractivity contribution >= 4 is 22.9 Å². The van der Waals surface area contributed by atoms with Gasteiger partial charge in [-0.1, -0.05) is 32.0 Å². The topological polar surface area (TPSA) is 81.3 Å². The first-order chi connectivity index (χ1) is 13.8. The van der Waals surface area contributed by atoms with Gasteiger partial charge in [-0.25, -0.2) is 10.1 Å². The van der Waals surface area contributed by atoms with Gasteiger partial charge in [0.2, 0.25) is 0 Å². The molecule has 3 aromatic rings. The highest BCUT2D eigenvalue weighted by Crippen LogP contribution is 2.16. The lowest BCUT2D eigenvalue weighted by Crippen LogP contribution is -2.28. The summed E-state index contributed by atoms with van der Waals surface area (Å²) in [7, 11) is 0. The molecule has 1 N–H and O–H groups in total. The van der Waals surface area contributed by atoms with Gasteiger partial charge in [-0.3, -0.25) is 9.59 Å². The maximum Gasteiger partial charge on any atom is 0.292 e. The Morgan fingerprint density at radius 1 is 1.24 bits per heavy atom. The van der Waals surface area contributed by atoms with Crippen molar-refractivity contribution in [1.82, 2.24) is 19.8 Å². The molecule has 0 radical (unpaired) electrons. The summed E-state index contributed by atoms with van der Waals surface area (Å²) in [4.78, 5) is 25.1. The predicted octanol–water partition coefficient (Wildman–Crippen LogP) is 3.25. The SMILES string of the molecule is CCn1nc(C(=O)N/N=C\c2cc(C)n(CC(C)C)c2C)c2ccccc2c1=O. The molecule has 7 nitrogen and oxygen atoms in total. The van der Waals surface area contributed by atoms with Gasteiger partial charge in [-0.2, -0.15) is 10.2 Å². The van der Waals surface area contributed by atoms with Crippen LogP contribution in [0.15, 0.2) is 40.2 Å². The van der Waals surface area contributed by atoms with Gasteiger partial charge in [0.25, 0.3) is 11.5 Å². The van der Waals surface area contributed by atoms with E-state index in [-0.39, 0.29) is 11.3 Å². The van der Waals surface area contributed by atoms with Gasteiger partial charge < -0.3 is 4.57 Å². The van der Waals surface area contributed by atoms with Crippen LogP contribution in [0.5, 0.6) is 0 Å². The average Bonchev–Trinajstić information content (AvgIpc) is 2.95. The lowest BCUT2D eigenvalue weighted by Gasteiger charge is -2.11. The third-order valence-electron chi connectivity index (χ3n) is 4.91. The third kappa shape index (κ3) is 4.13. The molecule has 0 aliphatic rings. The number of nitrogens with one attached hydrogen (secondary N) is 1. The second-order valence-electron chi connectivity index (χ2n) is 7.55. The molecule has 29 heavy (non-hydrogen) atoms. The molecular formula is C22H27N5O2. The van der Waals surface area contributed by atoms with Crippen molar-refractivity contribution in [2.45, 2.75) is 47.7 Å². The van der Waals surface area contributed by atoms with Crippen LogP contribution >= 0.6 is 0 Å². The molecule has 2 heterocycles. The van der Waals surface area contributed by atoms with Crippen molar-refractivity contribution in [1.29, 1.82) is 0 Å². The maximum absolute atomic E-state index is 12.7. The molecule has 0 fully saturated rings. The van der Waals surface area contributed by atoms with Crippen molar-refractivity contribution in [2.24, 2.45) is 11.0 Å². The Hall–Kier alpha value is -3.22. The van der Waals surface area contributed by atoms with Crippen LogP contribution in [-0.4, -0.2) is 26.5 Å². The number of carbonyl (C=O) groups is 1. The standard InChI is InChI=1S/C22H27N5O2/c1-6-27-22(29)19-10-8-7-9-18(19)20(25-27)21(28)24-23-12-17-11-15(4)26(16(17)5)13-14(2)3/h7-12,14H,6,13H2,1-5H3,(H,24,28)/b23-12-. The van der Waals surface area contributed by atoms with E-state index in [9.17, 15) is 9.59 Å². The van der Waals surface area contributed by atoms with Crippen molar-refractivity contribution in [2.75, 3.05) is 0 Å². The summed E-state index contributed by atoms with van der Waals surface area (Å²) in [5.74, 6) is 0.0912. The van der Waals surface area contributed by atoms with Crippen LogP contribution in [0, 0.1) is 19.8 Å². The monoisotopic (exact) mass is 393 g/mol. The fraction of sp³-hybridized carbons (Fsp3) is 0.364. The van der Waals surface area contributed by atoms with Gasteiger partial charge in [-0.15, -0.1) is 0 Å². The molecule has 7 heteroatoms. The first-order valence-electron chi connectivity index (χ1n) is 9.83. The van der Waals surface area contributed by atoms with Gasteiger partial charge in [0.15, 0.2) is 5.69 Å². The molecule has 2 aromatic heterocycles. The Bertz CT molecular complexity index is 1140. The minimum atomic E-state index is -0.448. The van der Waals surface area contributed by atoms with E-state index in [0.29, 0.717) is 23.2 Å². The van der Waals surface area contributed by atoms with Gasteiger partial charge in [0, 0.05) is 35.4 Å². The van der Waals surface area contributed by atoms with Crippen LogP contribution in [0.25, 0.3) is 10.8 Å². The van der Waals surface area contributed by atoms with E-state index in [1.807, 2.05) is 13.8 Å². The summed E-state index contributed by atoms with van der Waals surface area (Å²) in [6.07, 6.45) is 1.65. The molecule has 0 aliphatic carbocycles. The molecule has 1 aromatic carbocycles. The van der Waals surface area contributed by atoms with Crippen LogP contribution in [0.3, 0.4) is 0 Å². The molecule has 0 saturated carbocycles. The van der Waals surface area contributed by atoms with Crippen LogP contribution in [0.2, 0.25) is 0 Å². The normalized spacial score (nSPS) is 11.7. The van der Waals surface area contributed by atoms with Crippen LogP contribution in [0.1, 0.15) is 48.2 Å². The number of nitrogens with zero attached hydrogens (tertiary/aromatic N) is 4. The second kappa shape index (κ2) is 8.43. The molecule has 3 rings (SSSR count). The summed E-state index contributed by atoms with van der Waals surface area (Å²) in [5.41, 5.74) is 5.75. The zero-order chi connectivity index (χ0) is 21.1. The van der Waals surface area contributed by atoms with Crippen molar-refractivity contribution < 1.29 is 4.79 Å². The highest BCUT2D eigenvalue weighted by atomic mass is 16.2. The third-order valence-corrected chi connectivity index (χ3v) is 4.91. The van der Waals surface area contributed by atoms with Crippen LogP contribution in [0.4, 0.5) is 0 Å². The van der Waals surface area contributed by atoms with E-state index in [0.717, 1.165) is 23.5 Å². The fourth-order valence-corrected chi connectivity index (χ4v) is 3.44. The quantitative estimate of drug-likeness (QED) is 0.516. The summed E-state index contributed by atoms with van der Waals surface area (Å²) < 4.78 is 3.54. The van der Waals surface area contributed by atoms with E-state index in [4.69, 9.17) is 0 Å². The molecular weight excluding hydrogens is 366 g/mol. The minimum absolute atomic E-state index is 0.185. The summed E-state index contributed by atoms with van der Waals surface area (Å²) in [5, 5.41) is 9.35. The first kappa shape index (κ1) is 20.5. The average molecular weight is 393 g/mol. The smallest absolute Gasteiger partial charge is 0.292 e. The van der Waals surface area contributed by atoms with Crippen LogP contribution < -0.4 is 11.0 Å². The summed E-state index contributed by atoms with van der Waals surface area (Å²) in [6.45, 7) is 11.6. The van der Waals surface area contributed by atoms with Gasteiger partial charge in [0.05, 0.1) is 11.6 Å². The Morgan fingerprint density at radius 3 is 2.59 bits per heavy atom. The van der Waals surface area contributed by atoms with Gasteiger partial charge >= 0.3 is 0 Å². The van der Waals surface area contributed by atoms with E-state index >= 15 is 0 Å². The number of amides is 1. The first-order valence-corrected chi connectivity index (χ1v) is 9.83. The number of benzene rings is 1. The Morgan fingerprint density at radius 2 is 1.93 bits per heavy atom. The molecule has 0 atom stereocenters. The maximum atomic E-state index is 12.7. The minimum Gasteiger partial charge on any atom is -0.348 e. The molecule has 0 unspecified atom stereocenters. The number of rotatable bonds is 6. The lowest BCUT2D eigenvalue weighted by atomic mass is 10.1. The number of aryl methyl sites for hydroxylation is 2. The fourth-order valence-electron chi connectivity index (χ4n) is 3.44. The second-order valence-corrected chi connectivity index (χ2v) is 7.55. The van der Waals surface area contributed by atoms with Gasteiger partial charge in [-0.05, 0) is 38.8 Å². The molecule has 1 amide bonds. The Labute approximate surface area is 170 Å². The van der Waals surface area contributed by atoms with Crippen molar-refractivity contribution in [3.63, 3.8) is 0 Å². The highest BCUT2D eigenvalue weighted by molar-refractivity contribution is 6.05. The van der Waals surface area contributed by atoms with Crippen molar-refractivity contribution in [3.8, 4) is 0 Å². The van der Waals surface area contributed by atoms with E-state index in [2.05, 4.69) is 47.0 Å². The Balaban J connectivity index is 1.87. The van der Waals surface area contributed by atoms with E-state index in [1.54, 1.807) is 30.5 Å². The number of hydrogen-bond donors (Lipinski definition) is 1. The largest absolute Gasteiger partial charge is 0.348 e. The van der Waals surface area contributed by atoms with Crippen LogP contribution in [-0.2, 0) is 13.1 Å². The summed E-state index contributed by atoms with van der Waals surface area (Å²) in [6, 6.07) is 9.04. The molecule has 0 saturated heterocycles. The molecule has 0 aliphatic heterocycles. The number of fused-ring (bicyclic) bond motifs is 1. The number of hydrogen-bond acceptors (Lipinski definition) is 4. The molecule has 0 spiro atoms. The lowest BCUT2D eigenvalue weighted by molar-refractivity contribution is 0.0949. The number of hydrazone groups is 1. The van der Waals surface area contributed by atoms with E-state index in [1.165, 1.54) is 4.68 Å². The molecule has 0 bridgehead atoms. The van der Waals surface area contributed by atoms with Gasteiger partial charge in [0.1, 0.15) is 0 Å².